The fraction of sp³-hybridized carbons (Fsp3) is 0.571. The smallest absolute Gasteiger partial charge is 0.338 e. The summed E-state index contributed by atoms with van der Waals surface area (Å²) in [4.78, 5) is 31.1. The van der Waals surface area contributed by atoms with Crippen LogP contribution in [0.3, 0.4) is 0 Å². The minimum atomic E-state index is -2.03. The van der Waals surface area contributed by atoms with E-state index in [1.807, 2.05) is 0 Å². The van der Waals surface area contributed by atoms with Gasteiger partial charge < -0.3 is 21.1 Å². The van der Waals surface area contributed by atoms with Gasteiger partial charge in [0.15, 0.2) is 5.66 Å². The highest BCUT2D eigenvalue weighted by Crippen LogP contribution is 2.06. The molecule has 0 fully saturated rings. The molecule has 8 heteroatoms. The first-order valence-electron chi connectivity index (χ1n) is 3.99. The third-order valence-electron chi connectivity index (χ3n) is 1.67. The molecule has 0 aliphatic carbocycles. The maximum atomic E-state index is 10.7. The highest BCUT2D eigenvalue weighted by molar-refractivity contribution is 5.80. The molecule has 0 aromatic carbocycles. The van der Waals surface area contributed by atoms with Crippen LogP contribution in [0.2, 0.25) is 0 Å². The maximum Gasteiger partial charge on any atom is 0.338 e. The molecule has 0 aliphatic heterocycles. The molecule has 0 unspecified atom stereocenters. The van der Waals surface area contributed by atoms with Crippen molar-refractivity contribution in [2.75, 3.05) is 6.54 Å². The fourth-order valence-corrected chi connectivity index (χ4v) is 0.808. The van der Waals surface area contributed by atoms with Gasteiger partial charge in [-0.3, -0.25) is 14.9 Å². The lowest BCUT2D eigenvalue weighted by Gasteiger charge is -2.24. The Morgan fingerprint density at radius 1 is 1.13 bits per heavy atom. The lowest BCUT2D eigenvalue weighted by Crippen LogP contribution is -2.61. The number of nitrogens with one attached hydrogen (secondary N) is 1. The standard InChI is InChI=1S/C7H12N2O6/c8-7(6(14)15,2-1-4(10)11)9-3-5(12)13/h9H,1-3,8H2,(H,10,11)(H,12,13)(H,14,15)/t7-/m0/s1. The predicted molar refractivity (Wildman–Crippen MR) is 47.1 cm³/mol. The van der Waals surface area contributed by atoms with Gasteiger partial charge in [-0.1, -0.05) is 0 Å². The first-order valence-corrected chi connectivity index (χ1v) is 3.99. The van der Waals surface area contributed by atoms with Gasteiger partial charge >= 0.3 is 17.9 Å². The summed E-state index contributed by atoms with van der Waals surface area (Å²) in [5, 5.41) is 27.4. The Hall–Kier alpha value is -1.67. The quantitative estimate of drug-likeness (QED) is 0.317. The van der Waals surface area contributed by atoms with Crippen molar-refractivity contribution < 1.29 is 29.7 Å². The zero-order valence-electron chi connectivity index (χ0n) is 7.77. The Morgan fingerprint density at radius 3 is 2.00 bits per heavy atom. The van der Waals surface area contributed by atoms with Gasteiger partial charge in [0.05, 0.1) is 6.54 Å². The van der Waals surface area contributed by atoms with Gasteiger partial charge in [-0.05, 0) is 0 Å². The molecule has 6 N–H and O–H groups in total. The van der Waals surface area contributed by atoms with Crippen molar-refractivity contribution in [3.8, 4) is 0 Å². The number of rotatable bonds is 7. The van der Waals surface area contributed by atoms with Gasteiger partial charge in [0.1, 0.15) is 0 Å². The highest BCUT2D eigenvalue weighted by Gasteiger charge is 2.34. The van der Waals surface area contributed by atoms with Gasteiger partial charge in [0.25, 0.3) is 0 Å². The first kappa shape index (κ1) is 13.3. The van der Waals surface area contributed by atoms with Crippen LogP contribution in [0.25, 0.3) is 0 Å². The molecule has 0 saturated carbocycles. The van der Waals surface area contributed by atoms with Crippen molar-refractivity contribution in [2.45, 2.75) is 18.5 Å². The first-order chi connectivity index (χ1) is 6.78. The van der Waals surface area contributed by atoms with Crippen molar-refractivity contribution in [3.63, 3.8) is 0 Å². The molecule has 8 nitrogen and oxygen atoms in total. The zero-order chi connectivity index (χ0) is 12.1. The van der Waals surface area contributed by atoms with Crippen molar-refractivity contribution in [1.29, 1.82) is 0 Å². The number of hydrogen-bond donors (Lipinski definition) is 5. The predicted octanol–water partition coefficient (Wildman–Crippen LogP) is -1.73. The molecule has 0 radical (unpaired) electrons. The Bertz CT molecular complexity index is 259. The van der Waals surface area contributed by atoms with Crippen LogP contribution in [0.5, 0.6) is 0 Å². The van der Waals surface area contributed by atoms with Gasteiger partial charge in [0, 0.05) is 12.8 Å². The number of nitrogens with two attached hydrogens (primary N) is 1. The molecule has 0 saturated heterocycles. The van der Waals surface area contributed by atoms with Crippen LogP contribution in [-0.4, -0.2) is 45.4 Å². The molecule has 15 heavy (non-hydrogen) atoms. The van der Waals surface area contributed by atoms with E-state index >= 15 is 0 Å². The molecule has 0 rings (SSSR count). The molecule has 0 amide bonds. The molecular weight excluding hydrogens is 208 g/mol. The molecule has 0 heterocycles. The van der Waals surface area contributed by atoms with Crippen molar-refractivity contribution >= 4 is 17.9 Å². The van der Waals surface area contributed by atoms with E-state index < -0.39 is 43.0 Å². The largest absolute Gasteiger partial charge is 0.481 e. The summed E-state index contributed by atoms with van der Waals surface area (Å²) >= 11 is 0. The van der Waals surface area contributed by atoms with E-state index in [4.69, 9.17) is 21.1 Å². The van der Waals surface area contributed by atoms with Crippen molar-refractivity contribution in [2.24, 2.45) is 5.73 Å². The van der Waals surface area contributed by atoms with E-state index in [0.717, 1.165) is 0 Å². The molecule has 0 aliphatic rings. The Kier molecular flexibility index (Phi) is 4.68. The van der Waals surface area contributed by atoms with E-state index in [-0.39, 0.29) is 0 Å². The molecule has 0 bridgehead atoms. The minimum absolute atomic E-state index is 0.398. The van der Waals surface area contributed by atoms with Crippen LogP contribution < -0.4 is 11.1 Å². The van der Waals surface area contributed by atoms with E-state index in [1.54, 1.807) is 0 Å². The molecular formula is C7H12N2O6. The average molecular weight is 220 g/mol. The number of carbonyl (C=O) groups is 3. The monoisotopic (exact) mass is 220 g/mol. The van der Waals surface area contributed by atoms with Crippen LogP contribution in [-0.2, 0) is 14.4 Å². The third kappa shape index (κ3) is 4.93. The second kappa shape index (κ2) is 5.27. The Labute approximate surface area is 84.7 Å². The highest BCUT2D eigenvalue weighted by atomic mass is 16.4. The SMILES string of the molecule is N[C@@](CCC(=O)O)(NCC(=O)O)C(=O)O. The average Bonchev–Trinajstić information content (AvgIpc) is 2.11. The van der Waals surface area contributed by atoms with E-state index in [9.17, 15) is 14.4 Å². The summed E-state index contributed by atoms with van der Waals surface area (Å²) in [7, 11) is 0. The van der Waals surface area contributed by atoms with E-state index in [2.05, 4.69) is 5.32 Å². The summed E-state index contributed by atoms with van der Waals surface area (Å²) < 4.78 is 0. The van der Waals surface area contributed by atoms with Crippen LogP contribution in [0.1, 0.15) is 12.8 Å². The van der Waals surface area contributed by atoms with E-state index in [1.165, 1.54) is 0 Å². The molecule has 1 atom stereocenters. The normalized spacial score (nSPS) is 14.2. The van der Waals surface area contributed by atoms with Gasteiger partial charge in [-0.15, -0.1) is 0 Å². The molecule has 86 valence electrons. The summed E-state index contributed by atoms with van der Waals surface area (Å²) in [6, 6.07) is 0. The van der Waals surface area contributed by atoms with Crippen LogP contribution >= 0.6 is 0 Å². The minimum Gasteiger partial charge on any atom is -0.481 e. The molecule has 0 spiro atoms. The number of carboxylic acids is 3. The van der Waals surface area contributed by atoms with Crippen molar-refractivity contribution in [1.82, 2.24) is 5.32 Å². The summed E-state index contributed by atoms with van der Waals surface area (Å²) in [6.07, 6.45) is -0.861. The second-order valence-electron chi connectivity index (χ2n) is 2.92. The lowest BCUT2D eigenvalue weighted by molar-refractivity contribution is -0.146. The van der Waals surface area contributed by atoms with Gasteiger partial charge in [-0.25, -0.2) is 4.79 Å². The van der Waals surface area contributed by atoms with Crippen LogP contribution in [0.15, 0.2) is 0 Å². The van der Waals surface area contributed by atoms with Gasteiger partial charge in [0.2, 0.25) is 0 Å². The number of carboxylic acid groups (broad SMARTS) is 3. The topological polar surface area (TPSA) is 150 Å². The summed E-state index contributed by atoms with van der Waals surface area (Å²) in [5.74, 6) is -3.98. The second-order valence-corrected chi connectivity index (χ2v) is 2.92. The van der Waals surface area contributed by atoms with Gasteiger partial charge in [-0.2, -0.15) is 0 Å². The fourth-order valence-electron chi connectivity index (χ4n) is 0.808. The lowest BCUT2D eigenvalue weighted by atomic mass is 10.1. The number of hydrogen-bond acceptors (Lipinski definition) is 5. The third-order valence-corrected chi connectivity index (χ3v) is 1.67. The molecule has 0 aromatic rings. The zero-order valence-corrected chi connectivity index (χ0v) is 7.77. The van der Waals surface area contributed by atoms with Crippen LogP contribution in [0.4, 0.5) is 0 Å². The molecule has 0 aromatic heterocycles. The number of aliphatic carboxylic acids is 3. The van der Waals surface area contributed by atoms with Crippen LogP contribution in [0, 0.1) is 0 Å². The van der Waals surface area contributed by atoms with E-state index in [0.29, 0.717) is 0 Å². The summed E-state index contributed by atoms with van der Waals surface area (Å²) in [6.45, 7) is -0.650. The Morgan fingerprint density at radius 2 is 1.67 bits per heavy atom. The van der Waals surface area contributed by atoms with Crippen molar-refractivity contribution in [3.05, 3.63) is 0 Å². The summed E-state index contributed by atoms with van der Waals surface area (Å²) in [5.41, 5.74) is 3.27. The maximum absolute atomic E-state index is 10.7. The Balaban J connectivity index is 4.38.